The van der Waals surface area contributed by atoms with Gasteiger partial charge in [-0.15, -0.1) is 0 Å². The molecule has 24 heavy (non-hydrogen) atoms. The lowest BCUT2D eigenvalue weighted by atomic mass is 9.89. The number of hydrogen-bond donors (Lipinski definition) is 2. The van der Waals surface area contributed by atoms with Crippen LogP contribution in [0, 0.1) is 11.8 Å². The summed E-state index contributed by atoms with van der Waals surface area (Å²) in [6, 6.07) is -0.643. The zero-order valence-electron chi connectivity index (χ0n) is 14.3. The van der Waals surface area contributed by atoms with E-state index in [1.807, 2.05) is 0 Å². The van der Waals surface area contributed by atoms with Gasteiger partial charge in [-0.2, -0.15) is 5.10 Å². The van der Waals surface area contributed by atoms with Gasteiger partial charge >= 0.3 is 0 Å². The predicted molar refractivity (Wildman–Crippen MR) is 87.0 cm³/mol. The van der Waals surface area contributed by atoms with E-state index in [-0.39, 0.29) is 18.2 Å². The third kappa shape index (κ3) is 4.31. The molecule has 1 fully saturated rings. The van der Waals surface area contributed by atoms with Gasteiger partial charge in [0.2, 0.25) is 17.7 Å². The van der Waals surface area contributed by atoms with Crippen LogP contribution in [0.2, 0.25) is 0 Å². The number of amides is 3. The number of hydroxylamine groups is 1. The molecule has 2 rings (SSSR count). The Hall–Kier alpha value is -1.96. The smallest absolute Gasteiger partial charge is 0.247 e. The fourth-order valence-corrected chi connectivity index (χ4v) is 3.51. The summed E-state index contributed by atoms with van der Waals surface area (Å²) in [7, 11) is 3.27. The van der Waals surface area contributed by atoms with Crippen molar-refractivity contribution in [3.8, 4) is 0 Å². The molecule has 0 aromatic rings. The van der Waals surface area contributed by atoms with Gasteiger partial charge in [-0.1, -0.05) is 25.7 Å². The number of carbonyl (C=O) groups is 3. The summed E-state index contributed by atoms with van der Waals surface area (Å²) in [5.41, 5.74) is 1.59. The standard InChI is InChI=1S/C16H26N4O4/c1-19(2)16(23)13-7-8-17-20(13)15(22)12(10-14(21)18-24)9-11-5-3-4-6-11/h8,11-13,24H,3-7,9-10H2,1-2H3,(H,18,21)/t12-,13+/m1/s1. The molecule has 134 valence electrons. The number of nitrogens with zero attached hydrogens (tertiary/aromatic N) is 3. The molecule has 0 spiro atoms. The molecule has 0 unspecified atom stereocenters. The van der Waals surface area contributed by atoms with E-state index in [9.17, 15) is 14.4 Å². The van der Waals surface area contributed by atoms with E-state index >= 15 is 0 Å². The van der Waals surface area contributed by atoms with Crippen molar-refractivity contribution >= 4 is 23.9 Å². The van der Waals surface area contributed by atoms with Gasteiger partial charge in [0.1, 0.15) is 6.04 Å². The molecule has 2 N–H and O–H groups in total. The summed E-state index contributed by atoms with van der Waals surface area (Å²) in [6.45, 7) is 0. The molecule has 0 radical (unpaired) electrons. The summed E-state index contributed by atoms with van der Waals surface area (Å²) in [5.74, 6) is -1.27. The second-order valence-electron chi connectivity index (χ2n) is 6.79. The Labute approximate surface area is 141 Å². The average Bonchev–Trinajstić information content (AvgIpc) is 3.23. The number of carbonyl (C=O) groups excluding carboxylic acids is 3. The highest BCUT2D eigenvalue weighted by Gasteiger charge is 2.38. The van der Waals surface area contributed by atoms with Crippen LogP contribution in [0.3, 0.4) is 0 Å². The molecule has 8 heteroatoms. The maximum absolute atomic E-state index is 12.9. The van der Waals surface area contributed by atoms with E-state index in [0.717, 1.165) is 25.7 Å². The zero-order valence-corrected chi connectivity index (χ0v) is 14.3. The second kappa shape index (κ2) is 8.23. The minimum atomic E-state index is -0.643. The quantitative estimate of drug-likeness (QED) is 0.551. The summed E-state index contributed by atoms with van der Waals surface area (Å²) in [6.07, 6.45) is 6.81. The first-order valence-electron chi connectivity index (χ1n) is 8.43. The number of hydrogen-bond acceptors (Lipinski definition) is 5. The molecule has 1 saturated carbocycles. The van der Waals surface area contributed by atoms with Crippen LogP contribution in [-0.2, 0) is 14.4 Å². The highest BCUT2D eigenvalue weighted by molar-refractivity contribution is 5.93. The average molecular weight is 338 g/mol. The van der Waals surface area contributed by atoms with Crippen molar-refractivity contribution in [3.05, 3.63) is 0 Å². The van der Waals surface area contributed by atoms with Crippen molar-refractivity contribution in [2.45, 2.75) is 51.0 Å². The fourth-order valence-electron chi connectivity index (χ4n) is 3.51. The molecule has 8 nitrogen and oxygen atoms in total. The van der Waals surface area contributed by atoms with Gasteiger partial charge in [0.15, 0.2) is 0 Å². The molecule has 0 aromatic heterocycles. The van der Waals surface area contributed by atoms with Crippen molar-refractivity contribution in [2.24, 2.45) is 16.9 Å². The lowest BCUT2D eigenvalue weighted by Gasteiger charge is -2.28. The lowest BCUT2D eigenvalue weighted by molar-refractivity contribution is -0.148. The Balaban J connectivity index is 2.11. The highest BCUT2D eigenvalue weighted by Crippen LogP contribution is 2.33. The van der Waals surface area contributed by atoms with E-state index in [0.29, 0.717) is 18.8 Å². The van der Waals surface area contributed by atoms with E-state index in [1.54, 1.807) is 25.8 Å². The molecular weight excluding hydrogens is 312 g/mol. The van der Waals surface area contributed by atoms with Gasteiger partial charge in [0, 0.05) is 39.1 Å². The van der Waals surface area contributed by atoms with Gasteiger partial charge < -0.3 is 4.90 Å². The van der Waals surface area contributed by atoms with Crippen LogP contribution >= 0.6 is 0 Å². The van der Waals surface area contributed by atoms with Crippen molar-refractivity contribution in [1.82, 2.24) is 15.4 Å². The van der Waals surface area contributed by atoms with Crippen LogP contribution in [0.4, 0.5) is 0 Å². The highest BCUT2D eigenvalue weighted by atomic mass is 16.5. The Bertz CT molecular complexity index is 514. The zero-order chi connectivity index (χ0) is 17.7. The lowest BCUT2D eigenvalue weighted by Crippen LogP contribution is -2.47. The number of nitrogens with one attached hydrogen (secondary N) is 1. The minimum absolute atomic E-state index is 0.0965. The van der Waals surface area contributed by atoms with Crippen molar-refractivity contribution in [3.63, 3.8) is 0 Å². The molecule has 1 aliphatic carbocycles. The van der Waals surface area contributed by atoms with Crippen LogP contribution in [0.1, 0.15) is 44.9 Å². The Morgan fingerprint density at radius 2 is 2.00 bits per heavy atom. The molecule has 2 aliphatic rings. The minimum Gasteiger partial charge on any atom is -0.347 e. The van der Waals surface area contributed by atoms with E-state index in [4.69, 9.17) is 5.21 Å². The first-order valence-corrected chi connectivity index (χ1v) is 8.43. The molecule has 0 aromatic carbocycles. The maximum atomic E-state index is 12.9. The van der Waals surface area contributed by atoms with Crippen LogP contribution in [-0.4, -0.2) is 59.2 Å². The first-order chi connectivity index (χ1) is 11.4. The summed E-state index contributed by atoms with van der Waals surface area (Å²) in [5, 5.41) is 14.1. The molecule has 1 heterocycles. The Kier molecular flexibility index (Phi) is 6.30. The SMILES string of the molecule is CN(C)C(=O)[C@@H]1CC=NN1C(=O)[C@@H](CC(=O)NO)CC1CCCC1. The van der Waals surface area contributed by atoms with Crippen molar-refractivity contribution in [1.29, 1.82) is 0 Å². The third-order valence-electron chi connectivity index (χ3n) is 4.78. The largest absolute Gasteiger partial charge is 0.347 e. The van der Waals surface area contributed by atoms with E-state index < -0.39 is 17.9 Å². The van der Waals surface area contributed by atoms with Crippen LogP contribution in [0.5, 0.6) is 0 Å². The monoisotopic (exact) mass is 338 g/mol. The first kappa shape index (κ1) is 18.4. The van der Waals surface area contributed by atoms with Gasteiger partial charge in [0.25, 0.3) is 0 Å². The third-order valence-corrected chi connectivity index (χ3v) is 4.78. The number of likely N-dealkylation sites (N-methyl/N-ethyl adjacent to an activating group) is 1. The molecule has 0 saturated heterocycles. The van der Waals surface area contributed by atoms with Crippen molar-refractivity contribution < 1.29 is 19.6 Å². The van der Waals surface area contributed by atoms with Gasteiger partial charge in [-0.05, 0) is 12.3 Å². The number of hydrazone groups is 1. The van der Waals surface area contributed by atoms with Gasteiger partial charge in [-0.25, -0.2) is 10.5 Å². The molecular formula is C16H26N4O4. The fraction of sp³-hybridized carbons (Fsp3) is 0.750. The van der Waals surface area contributed by atoms with Gasteiger partial charge in [-0.3, -0.25) is 19.6 Å². The summed E-state index contributed by atoms with van der Waals surface area (Å²) >= 11 is 0. The van der Waals surface area contributed by atoms with E-state index in [2.05, 4.69) is 5.10 Å². The Morgan fingerprint density at radius 1 is 1.33 bits per heavy atom. The number of rotatable bonds is 6. The molecule has 2 atom stereocenters. The normalized spacial score (nSPS) is 21.8. The summed E-state index contributed by atoms with van der Waals surface area (Å²) < 4.78 is 0. The molecule has 1 aliphatic heterocycles. The second-order valence-corrected chi connectivity index (χ2v) is 6.79. The maximum Gasteiger partial charge on any atom is 0.247 e. The topological polar surface area (TPSA) is 102 Å². The van der Waals surface area contributed by atoms with Crippen LogP contribution in [0.15, 0.2) is 5.10 Å². The molecule has 0 bridgehead atoms. The molecule has 3 amide bonds. The van der Waals surface area contributed by atoms with Crippen LogP contribution < -0.4 is 5.48 Å². The van der Waals surface area contributed by atoms with Crippen molar-refractivity contribution in [2.75, 3.05) is 14.1 Å². The van der Waals surface area contributed by atoms with E-state index in [1.165, 1.54) is 9.91 Å². The predicted octanol–water partition coefficient (Wildman–Crippen LogP) is 0.753. The summed E-state index contributed by atoms with van der Waals surface area (Å²) in [4.78, 5) is 38.2. The van der Waals surface area contributed by atoms with Crippen LogP contribution in [0.25, 0.3) is 0 Å². The Morgan fingerprint density at radius 3 is 2.58 bits per heavy atom. The van der Waals surface area contributed by atoms with Gasteiger partial charge in [0.05, 0.1) is 0 Å².